The first kappa shape index (κ1) is 23.5. The molecule has 162 valence electrons. The van der Waals surface area contributed by atoms with Crippen LogP contribution in [0.2, 0.25) is 0 Å². The van der Waals surface area contributed by atoms with Gasteiger partial charge in [-0.1, -0.05) is 19.8 Å². The fourth-order valence-electron chi connectivity index (χ4n) is 4.37. The van der Waals surface area contributed by atoms with Crippen LogP contribution in [0.4, 0.5) is 8.78 Å². The van der Waals surface area contributed by atoms with Crippen LogP contribution in [0.3, 0.4) is 0 Å². The Morgan fingerprint density at radius 3 is 2.41 bits per heavy atom. The highest BCUT2D eigenvalue weighted by Gasteiger charge is 2.45. The Morgan fingerprint density at radius 2 is 1.83 bits per heavy atom. The molecule has 3 rings (SSSR count). The monoisotopic (exact) mass is 429 g/mol. The number of piperidine rings is 1. The second-order valence-electron chi connectivity index (χ2n) is 8.28. The Hall–Kier alpha value is -1.73. The molecule has 2 heterocycles. The summed E-state index contributed by atoms with van der Waals surface area (Å²) in [6, 6.07) is 2.91. The van der Waals surface area contributed by atoms with Crippen molar-refractivity contribution in [2.75, 3.05) is 19.6 Å². The lowest BCUT2D eigenvalue weighted by atomic mass is 9.77. The van der Waals surface area contributed by atoms with Gasteiger partial charge in [0.05, 0.1) is 6.04 Å². The topological polar surface area (TPSA) is 66.6 Å². The van der Waals surface area contributed by atoms with E-state index in [1.54, 1.807) is 4.90 Å². The van der Waals surface area contributed by atoms with E-state index in [1.165, 1.54) is 12.1 Å². The molecule has 29 heavy (non-hydrogen) atoms. The van der Waals surface area contributed by atoms with Gasteiger partial charge < -0.3 is 15.5 Å². The van der Waals surface area contributed by atoms with E-state index in [1.807, 2.05) is 4.90 Å². The number of rotatable bonds is 6. The maximum atomic E-state index is 13.4. The Morgan fingerprint density at radius 1 is 1.21 bits per heavy atom. The van der Waals surface area contributed by atoms with Crippen molar-refractivity contribution in [1.29, 1.82) is 0 Å². The van der Waals surface area contributed by atoms with Crippen molar-refractivity contribution in [3.8, 4) is 0 Å². The Kier molecular flexibility index (Phi) is 8.00. The van der Waals surface area contributed by atoms with Crippen molar-refractivity contribution in [1.82, 2.24) is 9.80 Å². The Bertz CT molecular complexity index is 718. The summed E-state index contributed by atoms with van der Waals surface area (Å²) in [6.45, 7) is 4.05. The number of hydrogen-bond acceptors (Lipinski definition) is 3. The molecule has 1 spiro atoms. The van der Waals surface area contributed by atoms with Gasteiger partial charge in [0.1, 0.15) is 11.6 Å². The summed E-state index contributed by atoms with van der Waals surface area (Å²) in [5.74, 6) is -1.27. The van der Waals surface area contributed by atoms with Gasteiger partial charge in [-0.05, 0) is 37.0 Å². The van der Waals surface area contributed by atoms with Gasteiger partial charge in [-0.15, -0.1) is 12.4 Å². The lowest BCUT2D eigenvalue weighted by Crippen LogP contribution is -2.49. The molecule has 2 N–H and O–H groups in total. The Labute approximate surface area is 177 Å². The maximum absolute atomic E-state index is 13.4. The third-order valence-electron chi connectivity index (χ3n) is 6.02. The minimum Gasteiger partial charge on any atom is -0.341 e. The number of benzene rings is 1. The predicted octanol–water partition coefficient (Wildman–Crippen LogP) is 3.25. The molecule has 1 aromatic carbocycles. The molecule has 2 aliphatic heterocycles. The van der Waals surface area contributed by atoms with Gasteiger partial charge in [-0.25, -0.2) is 8.78 Å². The van der Waals surface area contributed by atoms with E-state index < -0.39 is 17.7 Å². The first-order valence-corrected chi connectivity index (χ1v) is 10.1. The fraction of sp³-hybridized carbons (Fsp3) is 0.619. The molecule has 0 unspecified atom stereocenters. The molecule has 2 aliphatic rings. The molecular weight excluding hydrogens is 400 g/mol. The summed E-state index contributed by atoms with van der Waals surface area (Å²) in [4.78, 5) is 28.5. The van der Waals surface area contributed by atoms with Crippen LogP contribution in [0.15, 0.2) is 18.2 Å². The van der Waals surface area contributed by atoms with E-state index in [4.69, 9.17) is 5.73 Å². The normalized spacial score (nSPS) is 19.4. The molecule has 0 aromatic heterocycles. The molecule has 2 saturated heterocycles. The third kappa shape index (κ3) is 5.66. The number of likely N-dealkylation sites (tertiary alicyclic amines) is 2. The summed E-state index contributed by atoms with van der Waals surface area (Å²) in [7, 11) is 0. The fourth-order valence-corrected chi connectivity index (χ4v) is 4.37. The van der Waals surface area contributed by atoms with Crippen molar-refractivity contribution in [2.24, 2.45) is 11.1 Å². The minimum atomic E-state index is -0.636. The van der Waals surface area contributed by atoms with Gasteiger partial charge in [-0.2, -0.15) is 0 Å². The van der Waals surface area contributed by atoms with E-state index in [2.05, 4.69) is 6.92 Å². The van der Waals surface area contributed by atoms with Crippen LogP contribution in [0.25, 0.3) is 0 Å². The van der Waals surface area contributed by atoms with Crippen LogP contribution in [0.5, 0.6) is 0 Å². The average molecular weight is 430 g/mol. The summed E-state index contributed by atoms with van der Waals surface area (Å²) >= 11 is 0. The zero-order chi connectivity index (χ0) is 20.3. The molecule has 5 nitrogen and oxygen atoms in total. The highest BCUT2D eigenvalue weighted by molar-refractivity contribution is 5.85. The molecule has 1 aromatic rings. The van der Waals surface area contributed by atoms with Crippen molar-refractivity contribution in [2.45, 2.75) is 58.0 Å². The summed E-state index contributed by atoms with van der Waals surface area (Å²) in [6.07, 6.45) is 4.58. The molecule has 0 aliphatic carbocycles. The first-order chi connectivity index (χ1) is 13.3. The van der Waals surface area contributed by atoms with Crippen molar-refractivity contribution in [3.63, 3.8) is 0 Å². The Balaban J connectivity index is 0.00000300. The molecular formula is C21H30ClF2N3O2. The van der Waals surface area contributed by atoms with Gasteiger partial charge in [0.25, 0.3) is 0 Å². The van der Waals surface area contributed by atoms with E-state index in [0.29, 0.717) is 38.0 Å². The molecule has 1 atom stereocenters. The number of nitrogens with zero attached hydrogens (tertiary/aromatic N) is 2. The number of carbonyl (C=O) groups excluding carboxylic acids is 2. The quantitative estimate of drug-likeness (QED) is 0.754. The van der Waals surface area contributed by atoms with Gasteiger partial charge in [0.2, 0.25) is 11.8 Å². The van der Waals surface area contributed by atoms with Crippen LogP contribution in [0, 0.1) is 17.0 Å². The predicted molar refractivity (Wildman–Crippen MR) is 109 cm³/mol. The first-order valence-electron chi connectivity index (χ1n) is 10.1. The van der Waals surface area contributed by atoms with Crippen LogP contribution in [0.1, 0.15) is 51.0 Å². The summed E-state index contributed by atoms with van der Waals surface area (Å²) in [5.41, 5.74) is 6.32. The number of halogens is 3. The SMILES string of the molecule is CCCC[C@H](N)C(=O)N1CCC2(CC1)CC(=O)N(Cc1cc(F)cc(F)c1)C2.Cl. The second-order valence-corrected chi connectivity index (χ2v) is 8.28. The average Bonchev–Trinajstić information content (AvgIpc) is 2.93. The second kappa shape index (κ2) is 9.85. The number of nitrogens with two attached hydrogens (primary N) is 1. The molecule has 2 fully saturated rings. The molecule has 2 amide bonds. The van der Waals surface area contributed by atoms with E-state index >= 15 is 0 Å². The summed E-state index contributed by atoms with van der Waals surface area (Å²) in [5, 5.41) is 0. The molecule has 0 radical (unpaired) electrons. The van der Waals surface area contributed by atoms with Crippen molar-refractivity contribution < 1.29 is 18.4 Å². The molecule has 8 heteroatoms. The minimum absolute atomic E-state index is 0. The van der Waals surface area contributed by atoms with Gasteiger partial charge in [0.15, 0.2) is 0 Å². The largest absolute Gasteiger partial charge is 0.341 e. The van der Waals surface area contributed by atoms with Crippen molar-refractivity contribution >= 4 is 24.2 Å². The number of hydrogen-bond donors (Lipinski definition) is 1. The van der Waals surface area contributed by atoms with Crippen LogP contribution < -0.4 is 5.73 Å². The smallest absolute Gasteiger partial charge is 0.239 e. The van der Waals surface area contributed by atoms with Crippen LogP contribution in [-0.4, -0.2) is 47.3 Å². The van der Waals surface area contributed by atoms with Crippen LogP contribution in [-0.2, 0) is 16.1 Å². The van der Waals surface area contributed by atoms with Gasteiger partial charge in [0, 0.05) is 44.1 Å². The van der Waals surface area contributed by atoms with Gasteiger partial charge in [-0.3, -0.25) is 9.59 Å². The number of unbranched alkanes of at least 4 members (excludes halogenated alkanes) is 1. The van der Waals surface area contributed by atoms with Crippen LogP contribution >= 0.6 is 12.4 Å². The maximum Gasteiger partial charge on any atom is 0.239 e. The highest BCUT2D eigenvalue weighted by Crippen LogP contribution is 2.41. The number of carbonyl (C=O) groups is 2. The van der Waals surface area contributed by atoms with Gasteiger partial charge >= 0.3 is 0 Å². The van der Waals surface area contributed by atoms with E-state index in [9.17, 15) is 18.4 Å². The standard InChI is InChI=1S/C21H29F2N3O2.ClH/c1-2-3-4-18(24)20(28)25-7-5-21(6-8-25)12-19(27)26(14-21)13-15-9-16(22)11-17(23)10-15;/h9-11,18H,2-8,12-14,24H2,1H3;1H/t18-;/m0./s1. The highest BCUT2D eigenvalue weighted by atomic mass is 35.5. The lowest BCUT2D eigenvalue weighted by Gasteiger charge is -2.39. The zero-order valence-electron chi connectivity index (χ0n) is 16.8. The third-order valence-corrected chi connectivity index (χ3v) is 6.02. The van der Waals surface area contributed by atoms with Crippen molar-refractivity contribution in [3.05, 3.63) is 35.4 Å². The number of amides is 2. The zero-order valence-corrected chi connectivity index (χ0v) is 17.6. The summed E-state index contributed by atoms with van der Waals surface area (Å²) < 4.78 is 26.8. The van der Waals surface area contributed by atoms with E-state index in [-0.39, 0.29) is 36.2 Å². The lowest BCUT2D eigenvalue weighted by molar-refractivity contribution is -0.135. The molecule has 0 saturated carbocycles. The molecule has 0 bridgehead atoms. The van der Waals surface area contributed by atoms with E-state index in [0.717, 1.165) is 31.7 Å².